The molecule has 2 aromatic rings. The number of fused-ring (bicyclic) bond motifs is 1. The molecule has 0 aliphatic rings. The molecule has 1 heterocycles. The number of anilines is 1. The van der Waals surface area contributed by atoms with Crippen molar-refractivity contribution in [2.24, 2.45) is 0 Å². The lowest BCUT2D eigenvalue weighted by molar-refractivity contribution is 0.594. The second-order valence-electron chi connectivity index (χ2n) is 4.77. The summed E-state index contributed by atoms with van der Waals surface area (Å²) < 4.78 is 0. The normalized spacial score (nSPS) is 12.6. The van der Waals surface area contributed by atoms with E-state index in [0.717, 1.165) is 11.9 Å². The minimum Gasteiger partial charge on any atom is -0.382 e. The Kier molecular flexibility index (Phi) is 4.57. The molecule has 1 N–H and O–H groups in total. The third-order valence-electron chi connectivity index (χ3n) is 3.40. The number of hydrogen-bond donors (Lipinski definition) is 1. The Morgan fingerprint density at radius 1 is 1.17 bits per heavy atom. The Labute approximate surface area is 109 Å². The van der Waals surface area contributed by atoms with Crippen LogP contribution in [0.5, 0.6) is 0 Å². The molecular weight excluding hydrogens is 220 g/mol. The largest absolute Gasteiger partial charge is 0.382 e. The predicted molar refractivity (Wildman–Crippen MR) is 79.0 cm³/mol. The van der Waals surface area contributed by atoms with Crippen molar-refractivity contribution in [2.75, 3.05) is 5.32 Å². The SMILES string of the molecule is CCCCC(CC)Nc1cccc2ncccc12. The third-order valence-corrected chi connectivity index (χ3v) is 3.40. The summed E-state index contributed by atoms with van der Waals surface area (Å²) in [4.78, 5) is 4.40. The highest BCUT2D eigenvalue weighted by Gasteiger charge is 2.07. The van der Waals surface area contributed by atoms with Gasteiger partial charge in [0.15, 0.2) is 0 Å². The van der Waals surface area contributed by atoms with Crippen LogP contribution >= 0.6 is 0 Å². The summed E-state index contributed by atoms with van der Waals surface area (Å²) in [5.41, 5.74) is 2.27. The lowest BCUT2D eigenvalue weighted by Gasteiger charge is -2.19. The van der Waals surface area contributed by atoms with Crippen LogP contribution < -0.4 is 5.32 Å². The van der Waals surface area contributed by atoms with Gasteiger partial charge in [-0.05, 0) is 37.1 Å². The van der Waals surface area contributed by atoms with Crippen LogP contribution in [0.4, 0.5) is 5.69 Å². The van der Waals surface area contributed by atoms with Gasteiger partial charge in [0.1, 0.15) is 0 Å². The number of unbranched alkanes of at least 4 members (excludes halogenated alkanes) is 1. The zero-order valence-corrected chi connectivity index (χ0v) is 11.3. The molecule has 0 aliphatic heterocycles. The van der Waals surface area contributed by atoms with E-state index in [9.17, 15) is 0 Å². The molecule has 1 aromatic carbocycles. The van der Waals surface area contributed by atoms with Crippen LogP contribution in [0.25, 0.3) is 10.9 Å². The zero-order chi connectivity index (χ0) is 12.8. The van der Waals surface area contributed by atoms with Crippen molar-refractivity contribution in [3.05, 3.63) is 36.5 Å². The molecule has 0 bridgehead atoms. The van der Waals surface area contributed by atoms with Gasteiger partial charge in [0.05, 0.1) is 5.52 Å². The molecule has 0 radical (unpaired) electrons. The van der Waals surface area contributed by atoms with Crippen LogP contribution in [0.1, 0.15) is 39.5 Å². The van der Waals surface area contributed by atoms with Gasteiger partial charge in [-0.1, -0.05) is 32.8 Å². The average Bonchev–Trinajstić information content (AvgIpc) is 2.43. The smallest absolute Gasteiger partial charge is 0.0722 e. The maximum absolute atomic E-state index is 4.40. The van der Waals surface area contributed by atoms with Gasteiger partial charge in [0.2, 0.25) is 0 Å². The summed E-state index contributed by atoms with van der Waals surface area (Å²) in [5, 5.41) is 4.88. The van der Waals surface area contributed by atoms with E-state index in [-0.39, 0.29) is 0 Å². The molecular formula is C16H22N2. The number of benzene rings is 1. The molecule has 0 saturated carbocycles. The summed E-state index contributed by atoms with van der Waals surface area (Å²) in [7, 11) is 0. The van der Waals surface area contributed by atoms with Crippen molar-refractivity contribution in [3.8, 4) is 0 Å². The summed E-state index contributed by atoms with van der Waals surface area (Å²) in [6.45, 7) is 4.49. The summed E-state index contributed by atoms with van der Waals surface area (Å²) in [5.74, 6) is 0. The number of hydrogen-bond acceptors (Lipinski definition) is 2. The maximum atomic E-state index is 4.40. The molecule has 0 spiro atoms. The molecule has 96 valence electrons. The lowest BCUT2D eigenvalue weighted by Crippen LogP contribution is -2.18. The first-order valence-corrected chi connectivity index (χ1v) is 6.95. The quantitative estimate of drug-likeness (QED) is 0.799. The first-order chi connectivity index (χ1) is 8.85. The Bertz CT molecular complexity index is 488. The summed E-state index contributed by atoms with van der Waals surface area (Å²) in [6, 6.07) is 11.0. The van der Waals surface area contributed by atoms with Crippen LogP contribution in [0.3, 0.4) is 0 Å². The van der Waals surface area contributed by atoms with Gasteiger partial charge in [0, 0.05) is 23.3 Å². The van der Waals surface area contributed by atoms with Gasteiger partial charge in [0.25, 0.3) is 0 Å². The van der Waals surface area contributed by atoms with Crippen molar-refractivity contribution in [1.29, 1.82) is 0 Å². The first-order valence-electron chi connectivity index (χ1n) is 6.95. The summed E-state index contributed by atoms with van der Waals surface area (Å²) >= 11 is 0. The summed E-state index contributed by atoms with van der Waals surface area (Å²) in [6.07, 6.45) is 6.80. The average molecular weight is 242 g/mol. The minimum absolute atomic E-state index is 0.566. The van der Waals surface area contributed by atoms with Crippen LogP contribution in [0.15, 0.2) is 36.5 Å². The van der Waals surface area contributed by atoms with Crippen molar-refractivity contribution < 1.29 is 0 Å². The van der Waals surface area contributed by atoms with E-state index in [1.807, 2.05) is 12.3 Å². The van der Waals surface area contributed by atoms with Gasteiger partial charge >= 0.3 is 0 Å². The highest BCUT2D eigenvalue weighted by molar-refractivity contribution is 5.91. The standard InChI is InChI=1S/C16H22N2/c1-3-5-8-13(4-2)18-16-11-6-10-15-14(16)9-7-12-17-15/h6-7,9-13,18H,3-5,8H2,1-2H3. The third kappa shape index (κ3) is 3.00. The molecule has 0 saturated heterocycles. The molecule has 0 amide bonds. The minimum atomic E-state index is 0.566. The first kappa shape index (κ1) is 12.9. The number of nitrogens with zero attached hydrogens (tertiary/aromatic N) is 1. The number of nitrogens with one attached hydrogen (secondary N) is 1. The van der Waals surface area contributed by atoms with Crippen LogP contribution in [0.2, 0.25) is 0 Å². The van der Waals surface area contributed by atoms with Gasteiger partial charge in [-0.25, -0.2) is 0 Å². The van der Waals surface area contributed by atoms with Gasteiger partial charge in [-0.3, -0.25) is 4.98 Å². The fraction of sp³-hybridized carbons (Fsp3) is 0.438. The molecule has 1 unspecified atom stereocenters. The molecule has 18 heavy (non-hydrogen) atoms. The highest BCUT2D eigenvalue weighted by Crippen LogP contribution is 2.23. The topological polar surface area (TPSA) is 24.9 Å². The van der Waals surface area contributed by atoms with E-state index in [4.69, 9.17) is 0 Å². The second kappa shape index (κ2) is 6.39. The monoisotopic (exact) mass is 242 g/mol. The van der Waals surface area contributed by atoms with E-state index in [1.165, 1.54) is 30.3 Å². The van der Waals surface area contributed by atoms with Crippen LogP contribution in [0, 0.1) is 0 Å². The van der Waals surface area contributed by atoms with E-state index in [0.29, 0.717) is 6.04 Å². The lowest BCUT2D eigenvalue weighted by atomic mass is 10.1. The zero-order valence-electron chi connectivity index (χ0n) is 11.3. The van der Waals surface area contributed by atoms with E-state index < -0.39 is 0 Å². The van der Waals surface area contributed by atoms with E-state index in [1.54, 1.807) is 0 Å². The molecule has 0 aliphatic carbocycles. The van der Waals surface area contributed by atoms with Crippen molar-refractivity contribution in [1.82, 2.24) is 4.98 Å². The van der Waals surface area contributed by atoms with Gasteiger partial charge in [-0.2, -0.15) is 0 Å². The van der Waals surface area contributed by atoms with Gasteiger partial charge < -0.3 is 5.32 Å². The molecule has 2 nitrogen and oxygen atoms in total. The number of pyridine rings is 1. The van der Waals surface area contributed by atoms with Crippen molar-refractivity contribution in [3.63, 3.8) is 0 Å². The molecule has 1 atom stereocenters. The highest BCUT2D eigenvalue weighted by atomic mass is 14.9. The molecule has 2 heteroatoms. The second-order valence-corrected chi connectivity index (χ2v) is 4.77. The fourth-order valence-corrected chi connectivity index (χ4v) is 2.28. The Morgan fingerprint density at radius 2 is 2.06 bits per heavy atom. The fourth-order valence-electron chi connectivity index (χ4n) is 2.28. The van der Waals surface area contributed by atoms with Crippen LogP contribution in [-0.4, -0.2) is 11.0 Å². The maximum Gasteiger partial charge on any atom is 0.0722 e. The molecule has 2 rings (SSSR count). The van der Waals surface area contributed by atoms with Crippen molar-refractivity contribution >= 4 is 16.6 Å². The van der Waals surface area contributed by atoms with E-state index >= 15 is 0 Å². The Morgan fingerprint density at radius 3 is 2.83 bits per heavy atom. The van der Waals surface area contributed by atoms with Crippen molar-refractivity contribution in [2.45, 2.75) is 45.6 Å². The van der Waals surface area contributed by atoms with Crippen LogP contribution in [-0.2, 0) is 0 Å². The van der Waals surface area contributed by atoms with E-state index in [2.05, 4.69) is 48.4 Å². The number of rotatable bonds is 6. The molecule has 0 fully saturated rings. The molecule has 1 aromatic heterocycles. The van der Waals surface area contributed by atoms with Gasteiger partial charge in [-0.15, -0.1) is 0 Å². The predicted octanol–water partition coefficient (Wildman–Crippen LogP) is 4.62. The Balaban J connectivity index is 2.19. The number of aromatic nitrogens is 1. The Hall–Kier alpha value is -1.57.